The van der Waals surface area contributed by atoms with E-state index in [9.17, 15) is 9.90 Å². The van der Waals surface area contributed by atoms with Crippen molar-refractivity contribution in [2.24, 2.45) is 5.92 Å². The molecule has 0 bridgehead atoms. The number of nitrogens with zero attached hydrogens (tertiary/aromatic N) is 1. The summed E-state index contributed by atoms with van der Waals surface area (Å²) in [4.78, 5) is 14.4. The van der Waals surface area contributed by atoms with E-state index in [1.807, 2.05) is 29.2 Å². The summed E-state index contributed by atoms with van der Waals surface area (Å²) in [5.41, 5.74) is 1.70. The Bertz CT molecular complexity index is 459. The van der Waals surface area contributed by atoms with E-state index in [-0.39, 0.29) is 17.9 Å². The van der Waals surface area contributed by atoms with Gasteiger partial charge in [0.2, 0.25) is 0 Å². The van der Waals surface area contributed by atoms with Gasteiger partial charge in [-0.15, -0.1) is 0 Å². The first kappa shape index (κ1) is 15.0. The van der Waals surface area contributed by atoms with Crippen molar-refractivity contribution < 1.29 is 14.6 Å². The summed E-state index contributed by atoms with van der Waals surface area (Å²) in [5.74, 6) is 0.239. The number of carbonyl (C=O) groups excluding carboxylic acids is 1. The summed E-state index contributed by atoms with van der Waals surface area (Å²) in [6, 6.07) is 7.57. The summed E-state index contributed by atoms with van der Waals surface area (Å²) in [6.45, 7) is 3.73. The van der Waals surface area contributed by atoms with Crippen LogP contribution in [0.5, 0.6) is 0 Å². The molecule has 1 fully saturated rings. The molecule has 1 amide bonds. The predicted molar refractivity (Wildman–Crippen MR) is 77.5 cm³/mol. The van der Waals surface area contributed by atoms with Gasteiger partial charge in [-0.2, -0.15) is 0 Å². The van der Waals surface area contributed by atoms with Crippen molar-refractivity contribution in [3.8, 4) is 0 Å². The molecule has 1 aliphatic rings. The molecule has 0 saturated carbocycles. The number of aliphatic hydroxyl groups excluding tert-OH is 1. The smallest absolute Gasteiger partial charge is 0.253 e. The van der Waals surface area contributed by atoms with Gasteiger partial charge in [0.05, 0.1) is 12.7 Å². The van der Waals surface area contributed by atoms with Gasteiger partial charge in [0.25, 0.3) is 5.91 Å². The van der Waals surface area contributed by atoms with Crippen LogP contribution in [0.4, 0.5) is 0 Å². The highest BCUT2D eigenvalue weighted by atomic mass is 16.5. The van der Waals surface area contributed by atoms with E-state index < -0.39 is 0 Å². The Morgan fingerprint density at radius 2 is 2.35 bits per heavy atom. The number of hydrogen-bond donors (Lipinski definition) is 1. The summed E-state index contributed by atoms with van der Waals surface area (Å²) < 4.78 is 5.10. The average Bonchev–Trinajstić information content (AvgIpc) is 2.47. The lowest BCUT2D eigenvalue weighted by Gasteiger charge is -2.34. The van der Waals surface area contributed by atoms with Crippen LogP contribution in [0.2, 0.25) is 0 Å². The van der Waals surface area contributed by atoms with E-state index in [0.29, 0.717) is 18.7 Å². The van der Waals surface area contributed by atoms with Gasteiger partial charge in [0.15, 0.2) is 0 Å². The monoisotopic (exact) mass is 277 g/mol. The van der Waals surface area contributed by atoms with Gasteiger partial charge in [-0.25, -0.2) is 0 Å². The van der Waals surface area contributed by atoms with E-state index in [1.165, 1.54) is 0 Å². The van der Waals surface area contributed by atoms with Gasteiger partial charge in [-0.3, -0.25) is 4.79 Å². The van der Waals surface area contributed by atoms with Gasteiger partial charge in [0.1, 0.15) is 0 Å². The van der Waals surface area contributed by atoms with Gasteiger partial charge >= 0.3 is 0 Å². The Balaban J connectivity index is 2.08. The highest BCUT2D eigenvalue weighted by molar-refractivity contribution is 5.94. The molecular formula is C16H23NO3. The molecule has 2 unspecified atom stereocenters. The molecular weight excluding hydrogens is 254 g/mol. The number of likely N-dealkylation sites (tertiary alicyclic amines) is 1. The number of aliphatic hydroxyl groups is 1. The first-order chi connectivity index (χ1) is 9.61. The maximum Gasteiger partial charge on any atom is 0.253 e. The zero-order valence-corrected chi connectivity index (χ0v) is 12.2. The quantitative estimate of drug-likeness (QED) is 0.916. The number of rotatable bonds is 4. The topological polar surface area (TPSA) is 49.8 Å². The van der Waals surface area contributed by atoms with Crippen LogP contribution in [-0.4, -0.2) is 42.2 Å². The molecule has 20 heavy (non-hydrogen) atoms. The summed E-state index contributed by atoms with van der Waals surface area (Å²) in [7, 11) is 1.65. The second-order valence-corrected chi connectivity index (χ2v) is 5.53. The standard InChI is InChI=1S/C16H23NO3/c1-12(18)15-7-4-8-17(10-15)16(19)14-6-3-5-13(9-14)11-20-2/h3,5-6,9,12,15,18H,4,7-8,10-11H2,1-2H3. The van der Waals surface area contributed by atoms with Gasteiger partial charge in [-0.1, -0.05) is 12.1 Å². The fraction of sp³-hybridized carbons (Fsp3) is 0.562. The number of piperidine rings is 1. The highest BCUT2D eigenvalue weighted by Crippen LogP contribution is 2.21. The van der Waals surface area contributed by atoms with Crippen molar-refractivity contribution in [1.29, 1.82) is 0 Å². The van der Waals surface area contributed by atoms with Crippen LogP contribution in [0.15, 0.2) is 24.3 Å². The normalized spacial score (nSPS) is 20.8. The third kappa shape index (κ3) is 3.58. The Kier molecular flexibility index (Phi) is 5.15. The first-order valence-corrected chi connectivity index (χ1v) is 7.17. The van der Waals surface area contributed by atoms with Crippen LogP contribution < -0.4 is 0 Å². The number of carbonyl (C=O) groups is 1. The molecule has 0 aromatic heterocycles. The predicted octanol–water partition coefficient (Wildman–Crippen LogP) is 2.07. The van der Waals surface area contributed by atoms with Crippen molar-refractivity contribution in [2.45, 2.75) is 32.5 Å². The van der Waals surface area contributed by atoms with Crippen LogP contribution in [0, 0.1) is 5.92 Å². The SMILES string of the molecule is COCc1cccc(C(=O)N2CCCC(C(C)O)C2)c1. The van der Waals surface area contributed by atoms with Crippen LogP contribution in [0.3, 0.4) is 0 Å². The van der Waals surface area contributed by atoms with E-state index >= 15 is 0 Å². The van der Waals surface area contributed by atoms with E-state index in [2.05, 4.69) is 0 Å². The van der Waals surface area contributed by atoms with E-state index in [4.69, 9.17) is 4.74 Å². The Morgan fingerprint density at radius 3 is 3.05 bits per heavy atom. The third-order valence-corrected chi connectivity index (χ3v) is 3.91. The lowest BCUT2D eigenvalue weighted by atomic mass is 9.93. The molecule has 4 heteroatoms. The van der Waals surface area contributed by atoms with E-state index in [0.717, 1.165) is 24.9 Å². The van der Waals surface area contributed by atoms with Crippen molar-refractivity contribution in [1.82, 2.24) is 4.90 Å². The number of amides is 1. The lowest BCUT2D eigenvalue weighted by molar-refractivity contribution is 0.0466. The Hall–Kier alpha value is -1.39. The second kappa shape index (κ2) is 6.86. The highest BCUT2D eigenvalue weighted by Gasteiger charge is 2.27. The van der Waals surface area contributed by atoms with Gasteiger partial charge < -0.3 is 14.7 Å². The molecule has 0 radical (unpaired) electrons. The fourth-order valence-corrected chi connectivity index (χ4v) is 2.73. The largest absolute Gasteiger partial charge is 0.393 e. The van der Waals surface area contributed by atoms with Crippen LogP contribution in [0.25, 0.3) is 0 Å². The summed E-state index contributed by atoms with van der Waals surface area (Å²) >= 11 is 0. The minimum Gasteiger partial charge on any atom is -0.393 e. The number of ether oxygens (including phenoxy) is 1. The second-order valence-electron chi connectivity index (χ2n) is 5.53. The van der Waals surface area contributed by atoms with Crippen molar-refractivity contribution >= 4 is 5.91 Å². The van der Waals surface area contributed by atoms with E-state index in [1.54, 1.807) is 14.0 Å². The fourth-order valence-electron chi connectivity index (χ4n) is 2.73. The summed E-state index contributed by atoms with van der Waals surface area (Å²) in [5, 5.41) is 9.71. The molecule has 0 spiro atoms. The van der Waals surface area contributed by atoms with Crippen molar-refractivity contribution in [3.63, 3.8) is 0 Å². The molecule has 110 valence electrons. The minimum atomic E-state index is -0.356. The molecule has 0 aliphatic carbocycles. The molecule has 2 rings (SSSR count). The molecule has 2 atom stereocenters. The minimum absolute atomic E-state index is 0.0494. The zero-order chi connectivity index (χ0) is 14.5. The molecule has 1 saturated heterocycles. The first-order valence-electron chi connectivity index (χ1n) is 7.17. The number of hydrogen-bond acceptors (Lipinski definition) is 3. The Morgan fingerprint density at radius 1 is 1.55 bits per heavy atom. The molecule has 1 heterocycles. The molecule has 1 N–H and O–H groups in total. The maximum atomic E-state index is 12.5. The third-order valence-electron chi connectivity index (χ3n) is 3.91. The van der Waals surface area contributed by atoms with Crippen LogP contribution in [-0.2, 0) is 11.3 Å². The number of benzene rings is 1. The lowest BCUT2D eigenvalue weighted by Crippen LogP contribution is -2.42. The van der Waals surface area contributed by atoms with Crippen molar-refractivity contribution in [3.05, 3.63) is 35.4 Å². The summed E-state index contributed by atoms with van der Waals surface area (Å²) in [6.07, 6.45) is 1.59. The average molecular weight is 277 g/mol. The maximum absolute atomic E-state index is 12.5. The van der Waals surface area contributed by atoms with Gasteiger partial charge in [0, 0.05) is 31.7 Å². The molecule has 1 aromatic rings. The van der Waals surface area contributed by atoms with Crippen LogP contribution >= 0.6 is 0 Å². The molecule has 4 nitrogen and oxygen atoms in total. The number of methoxy groups -OCH3 is 1. The zero-order valence-electron chi connectivity index (χ0n) is 12.2. The van der Waals surface area contributed by atoms with Gasteiger partial charge in [-0.05, 0) is 37.5 Å². The van der Waals surface area contributed by atoms with Crippen LogP contribution in [0.1, 0.15) is 35.7 Å². The Labute approximate surface area is 120 Å². The molecule has 1 aliphatic heterocycles. The van der Waals surface area contributed by atoms with Crippen molar-refractivity contribution in [2.75, 3.05) is 20.2 Å². The molecule has 1 aromatic carbocycles.